The number of aryl methyl sites for hydroxylation is 2. The summed E-state index contributed by atoms with van der Waals surface area (Å²) in [6, 6.07) is 4.44. The van der Waals surface area contributed by atoms with Gasteiger partial charge in [0.15, 0.2) is 0 Å². The molecule has 0 bridgehead atoms. The normalized spacial score (nSPS) is 18.1. The molecule has 1 heterocycles. The smallest absolute Gasteiger partial charge is 0.0426 e. The van der Waals surface area contributed by atoms with Crippen LogP contribution in [0.25, 0.3) is 0 Å². The van der Waals surface area contributed by atoms with E-state index < -0.39 is 0 Å². The Morgan fingerprint density at radius 3 is 2.00 bits per heavy atom. The summed E-state index contributed by atoms with van der Waals surface area (Å²) in [4.78, 5) is 2.55. The lowest BCUT2D eigenvalue weighted by Crippen LogP contribution is -2.56. The van der Waals surface area contributed by atoms with Gasteiger partial charge >= 0.3 is 0 Å². The number of nitrogens with zero attached hydrogens (tertiary/aromatic N) is 1. The van der Waals surface area contributed by atoms with E-state index in [4.69, 9.17) is 0 Å². The van der Waals surface area contributed by atoms with Gasteiger partial charge in [0.1, 0.15) is 0 Å². The highest BCUT2D eigenvalue weighted by Gasteiger charge is 2.40. The quantitative estimate of drug-likeness (QED) is 0.782. The SMILES string of the molecule is CCC1(CC)CN(c2c(C)cc(Br)cc2C)C1. The van der Waals surface area contributed by atoms with Gasteiger partial charge in [-0.1, -0.05) is 29.8 Å². The van der Waals surface area contributed by atoms with Gasteiger partial charge < -0.3 is 4.90 Å². The maximum absolute atomic E-state index is 3.57. The molecule has 0 aromatic heterocycles. The summed E-state index contributed by atoms with van der Waals surface area (Å²) in [5, 5.41) is 0. The van der Waals surface area contributed by atoms with E-state index >= 15 is 0 Å². The highest BCUT2D eigenvalue weighted by molar-refractivity contribution is 9.10. The number of rotatable bonds is 3. The Hall–Kier alpha value is -0.500. The van der Waals surface area contributed by atoms with Gasteiger partial charge in [0.05, 0.1) is 0 Å². The second-order valence-corrected chi connectivity index (χ2v) is 6.37. The van der Waals surface area contributed by atoms with E-state index in [0.29, 0.717) is 5.41 Å². The van der Waals surface area contributed by atoms with E-state index in [-0.39, 0.29) is 0 Å². The molecule has 1 aliphatic rings. The standard InChI is InChI=1S/C15H22BrN/c1-5-15(6-2)9-17(10-15)14-11(3)7-13(16)8-12(14)4/h7-8H,5-6,9-10H2,1-4H3. The molecule has 0 atom stereocenters. The monoisotopic (exact) mass is 295 g/mol. The van der Waals surface area contributed by atoms with Crippen LogP contribution in [0.5, 0.6) is 0 Å². The van der Waals surface area contributed by atoms with E-state index in [1.54, 1.807) is 0 Å². The molecule has 0 amide bonds. The van der Waals surface area contributed by atoms with Crippen LogP contribution < -0.4 is 4.90 Å². The Morgan fingerprint density at radius 2 is 1.59 bits per heavy atom. The molecule has 1 aromatic carbocycles. The van der Waals surface area contributed by atoms with Crippen molar-refractivity contribution in [1.29, 1.82) is 0 Å². The number of halogens is 1. The van der Waals surface area contributed by atoms with E-state index in [9.17, 15) is 0 Å². The van der Waals surface area contributed by atoms with E-state index in [0.717, 1.165) is 0 Å². The van der Waals surface area contributed by atoms with Crippen LogP contribution in [-0.2, 0) is 0 Å². The summed E-state index contributed by atoms with van der Waals surface area (Å²) in [7, 11) is 0. The van der Waals surface area contributed by atoms with Crippen LogP contribution in [-0.4, -0.2) is 13.1 Å². The van der Waals surface area contributed by atoms with Crippen LogP contribution in [0, 0.1) is 19.3 Å². The zero-order valence-corrected chi connectivity index (χ0v) is 12.9. The molecule has 17 heavy (non-hydrogen) atoms. The maximum Gasteiger partial charge on any atom is 0.0426 e. The molecule has 0 N–H and O–H groups in total. The molecule has 1 fully saturated rings. The lowest BCUT2D eigenvalue weighted by Gasteiger charge is -2.52. The summed E-state index contributed by atoms with van der Waals surface area (Å²) in [6.45, 7) is 11.5. The van der Waals surface area contributed by atoms with Gasteiger partial charge in [-0.05, 0) is 49.9 Å². The fraction of sp³-hybridized carbons (Fsp3) is 0.600. The molecule has 1 aromatic rings. The second-order valence-electron chi connectivity index (χ2n) is 5.45. The van der Waals surface area contributed by atoms with Crippen molar-refractivity contribution in [2.24, 2.45) is 5.41 Å². The average molecular weight is 296 g/mol. The van der Waals surface area contributed by atoms with Crippen LogP contribution in [0.1, 0.15) is 37.8 Å². The number of anilines is 1. The third kappa shape index (κ3) is 2.24. The van der Waals surface area contributed by atoms with E-state index in [2.05, 4.69) is 60.7 Å². The Kier molecular flexibility index (Phi) is 3.53. The van der Waals surface area contributed by atoms with Crippen molar-refractivity contribution >= 4 is 21.6 Å². The predicted octanol–water partition coefficient (Wildman–Crippen LogP) is 4.69. The van der Waals surface area contributed by atoms with Crippen molar-refractivity contribution < 1.29 is 0 Å². The third-order valence-electron chi connectivity index (χ3n) is 4.32. The molecule has 1 saturated heterocycles. The fourth-order valence-electron chi connectivity index (χ4n) is 3.02. The molecule has 0 aliphatic carbocycles. The topological polar surface area (TPSA) is 3.24 Å². The van der Waals surface area contributed by atoms with Crippen molar-refractivity contribution in [3.63, 3.8) is 0 Å². The van der Waals surface area contributed by atoms with Gasteiger partial charge in [-0.3, -0.25) is 0 Å². The molecular weight excluding hydrogens is 274 g/mol. The van der Waals surface area contributed by atoms with E-state index in [1.165, 1.54) is 47.2 Å². The van der Waals surface area contributed by atoms with Gasteiger partial charge in [-0.2, -0.15) is 0 Å². The summed E-state index contributed by atoms with van der Waals surface area (Å²) in [6.07, 6.45) is 2.60. The van der Waals surface area contributed by atoms with Crippen LogP contribution in [0.3, 0.4) is 0 Å². The molecule has 94 valence electrons. The first-order valence-electron chi connectivity index (χ1n) is 6.53. The van der Waals surface area contributed by atoms with Crippen molar-refractivity contribution in [3.8, 4) is 0 Å². The summed E-state index contributed by atoms with van der Waals surface area (Å²) in [5.41, 5.74) is 4.80. The second kappa shape index (κ2) is 4.64. The first-order chi connectivity index (χ1) is 8.01. The first-order valence-corrected chi connectivity index (χ1v) is 7.32. The minimum absolute atomic E-state index is 0.575. The average Bonchev–Trinajstić information content (AvgIpc) is 2.20. The molecule has 2 heteroatoms. The van der Waals surface area contributed by atoms with Gasteiger partial charge in [-0.25, -0.2) is 0 Å². The molecule has 2 rings (SSSR count). The fourth-order valence-corrected chi connectivity index (χ4v) is 3.71. The van der Waals surface area contributed by atoms with Crippen LogP contribution in [0.15, 0.2) is 16.6 Å². The first kappa shape index (κ1) is 12.9. The highest BCUT2D eigenvalue weighted by atomic mass is 79.9. The number of benzene rings is 1. The van der Waals surface area contributed by atoms with E-state index in [1.807, 2.05) is 0 Å². The molecule has 1 nitrogen and oxygen atoms in total. The Morgan fingerprint density at radius 1 is 1.12 bits per heavy atom. The lowest BCUT2D eigenvalue weighted by atomic mass is 9.74. The molecule has 0 spiro atoms. The van der Waals surface area contributed by atoms with Crippen LogP contribution in [0.4, 0.5) is 5.69 Å². The largest absolute Gasteiger partial charge is 0.370 e. The number of hydrogen-bond acceptors (Lipinski definition) is 1. The molecular formula is C15H22BrN. The van der Waals surface area contributed by atoms with Crippen molar-refractivity contribution in [2.45, 2.75) is 40.5 Å². The van der Waals surface area contributed by atoms with Crippen LogP contribution >= 0.6 is 15.9 Å². The Bertz CT molecular complexity index is 390. The zero-order chi connectivity index (χ0) is 12.6. The minimum atomic E-state index is 0.575. The maximum atomic E-state index is 3.57. The van der Waals surface area contributed by atoms with Gasteiger partial charge in [-0.15, -0.1) is 0 Å². The molecule has 0 unspecified atom stereocenters. The summed E-state index contributed by atoms with van der Waals surface area (Å²) >= 11 is 3.57. The predicted molar refractivity (Wildman–Crippen MR) is 78.8 cm³/mol. The van der Waals surface area contributed by atoms with Crippen molar-refractivity contribution in [1.82, 2.24) is 0 Å². The van der Waals surface area contributed by atoms with Crippen LogP contribution in [0.2, 0.25) is 0 Å². The summed E-state index contributed by atoms with van der Waals surface area (Å²) < 4.78 is 1.19. The minimum Gasteiger partial charge on any atom is -0.370 e. The number of hydrogen-bond donors (Lipinski definition) is 0. The van der Waals surface area contributed by atoms with Crippen molar-refractivity contribution in [2.75, 3.05) is 18.0 Å². The Balaban J connectivity index is 2.22. The molecule has 0 saturated carbocycles. The van der Waals surface area contributed by atoms with Gasteiger partial charge in [0.2, 0.25) is 0 Å². The molecule has 0 radical (unpaired) electrons. The lowest BCUT2D eigenvalue weighted by molar-refractivity contribution is 0.194. The van der Waals surface area contributed by atoms with Gasteiger partial charge in [0.25, 0.3) is 0 Å². The van der Waals surface area contributed by atoms with Crippen molar-refractivity contribution in [3.05, 3.63) is 27.7 Å². The highest BCUT2D eigenvalue weighted by Crippen LogP contribution is 2.42. The summed E-state index contributed by atoms with van der Waals surface area (Å²) in [5.74, 6) is 0. The van der Waals surface area contributed by atoms with Gasteiger partial charge in [0, 0.05) is 28.7 Å². The zero-order valence-electron chi connectivity index (χ0n) is 11.3. The Labute approximate surface area is 113 Å². The molecule has 1 aliphatic heterocycles. The third-order valence-corrected chi connectivity index (χ3v) is 4.78.